The van der Waals surface area contributed by atoms with Crippen LogP contribution in [-0.2, 0) is 15.8 Å². The van der Waals surface area contributed by atoms with Gasteiger partial charge in [-0.25, -0.2) is 4.79 Å². The number of hydrogen-bond acceptors (Lipinski definition) is 6. The van der Waals surface area contributed by atoms with Crippen molar-refractivity contribution in [2.75, 3.05) is 32.7 Å². The fraction of sp³-hybridized carbons (Fsp3) is 0.500. The predicted octanol–water partition coefficient (Wildman–Crippen LogP) is 6.08. The van der Waals surface area contributed by atoms with E-state index in [2.05, 4.69) is 39.2 Å². The predicted molar refractivity (Wildman–Crippen MR) is 147 cm³/mol. The molecule has 0 saturated carbocycles. The van der Waals surface area contributed by atoms with Gasteiger partial charge in [0.15, 0.2) is 19.8 Å². The van der Waals surface area contributed by atoms with E-state index < -0.39 is 14.4 Å². The van der Waals surface area contributed by atoms with Crippen molar-refractivity contribution in [1.29, 1.82) is 0 Å². The van der Waals surface area contributed by atoms with Crippen LogP contribution in [0.2, 0.25) is 18.1 Å². The van der Waals surface area contributed by atoms with Gasteiger partial charge < -0.3 is 23.5 Å². The molecule has 0 aromatic heterocycles. The van der Waals surface area contributed by atoms with Crippen LogP contribution in [0.3, 0.4) is 0 Å². The van der Waals surface area contributed by atoms with E-state index in [1.165, 1.54) is 14.2 Å². The molecular weight excluding hydrogens is 488 g/mol. The molecule has 2 aromatic carbocycles. The monoisotopic (exact) mass is 528 g/mol. The zero-order valence-electron chi connectivity index (χ0n) is 23.1. The average Bonchev–Trinajstić information content (AvgIpc) is 3.34. The van der Waals surface area contributed by atoms with Gasteiger partial charge in [0.1, 0.15) is 6.61 Å². The second-order valence-corrected chi connectivity index (χ2v) is 15.6. The van der Waals surface area contributed by atoms with Crippen molar-refractivity contribution in [3.8, 4) is 11.5 Å². The second-order valence-electron chi connectivity index (χ2n) is 10.8. The van der Waals surface area contributed by atoms with E-state index in [0.717, 1.165) is 18.4 Å². The molecule has 1 aliphatic heterocycles. The van der Waals surface area contributed by atoms with Crippen LogP contribution >= 0.6 is 0 Å². The van der Waals surface area contributed by atoms with Crippen molar-refractivity contribution in [1.82, 2.24) is 4.90 Å². The number of ether oxygens (including phenoxy) is 3. The molecule has 0 spiro atoms. The van der Waals surface area contributed by atoms with Gasteiger partial charge in [0.2, 0.25) is 0 Å². The van der Waals surface area contributed by atoms with Crippen LogP contribution in [0.15, 0.2) is 42.5 Å². The molecule has 0 radical (unpaired) electrons. The normalized spacial score (nSPS) is 15.9. The summed E-state index contributed by atoms with van der Waals surface area (Å²) in [4.78, 5) is 28.3. The van der Waals surface area contributed by atoms with Crippen LogP contribution in [0.4, 0.5) is 10.5 Å². The van der Waals surface area contributed by atoms with Crippen molar-refractivity contribution < 1.29 is 28.2 Å². The Bertz CT molecular complexity index is 1080. The number of nitrogens with zero attached hydrogens (tertiary/aromatic N) is 1. The zero-order chi connectivity index (χ0) is 27.2. The molecule has 1 atom stereocenters. The molecule has 8 nitrogen and oxygen atoms in total. The first kappa shape index (κ1) is 28.5. The highest BCUT2D eigenvalue weighted by molar-refractivity contribution is 6.74. The number of hydrogen-bond donors (Lipinski definition) is 1. The summed E-state index contributed by atoms with van der Waals surface area (Å²) in [5, 5.41) is 2.82. The Morgan fingerprint density at radius 2 is 1.70 bits per heavy atom. The summed E-state index contributed by atoms with van der Waals surface area (Å²) < 4.78 is 22.7. The first-order chi connectivity index (χ1) is 17.5. The largest absolute Gasteiger partial charge is 0.493 e. The van der Waals surface area contributed by atoms with Crippen molar-refractivity contribution in [3.63, 3.8) is 0 Å². The van der Waals surface area contributed by atoms with E-state index in [0.29, 0.717) is 35.9 Å². The van der Waals surface area contributed by atoms with Crippen LogP contribution in [-0.4, -0.2) is 58.6 Å². The number of benzene rings is 2. The summed E-state index contributed by atoms with van der Waals surface area (Å²) in [7, 11) is 1.06. The minimum atomic E-state index is -1.96. The first-order valence-corrected chi connectivity index (χ1v) is 15.6. The lowest BCUT2D eigenvalue weighted by molar-refractivity contribution is 0.0684. The van der Waals surface area contributed by atoms with Gasteiger partial charge in [0.05, 0.1) is 38.1 Å². The molecule has 1 fully saturated rings. The van der Waals surface area contributed by atoms with Gasteiger partial charge in [0, 0.05) is 12.6 Å². The lowest BCUT2D eigenvalue weighted by atomic mass is 10.1. The van der Waals surface area contributed by atoms with Gasteiger partial charge >= 0.3 is 6.09 Å². The molecule has 1 aliphatic rings. The number of rotatable bonds is 9. The Hall–Kier alpha value is -3.04. The minimum absolute atomic E-state index is 0.0346. The number of carbonyl (C=O) groups excluding carboxylic acids is 2. The molecule has 9 heteroatoms. The highest BCUT2D eigenvalue weighted by Crippen LogP contribution is 2.38. The second kappa shape index (κ2) is 12.0. The number of carbonyl (C=O) groups is 2. The highest BCUT2D eigenvalue weighted by atomic mass is 28.4. The van der Waals surface area contributed by atoms with Crippen LogP contribution in [0, 0.1) is 0 Å². The molecule has 3 rings (SSSR count). The maximum Gasteiger partial charge on any atom is 0.411 e. The zero-order valence-corrected chi connectivity index (χ0v) is 24.1. The van der Waals surface area contributed by atoms with E-state index in [1.807, 2.05) is 35.2 Å². The van der Waals surface area contributed by atoms with E-state index in [-0.39, 0.29) is 23.6 Å². The van der Waals surface area contributed by atoms with E-state index in [1.54, 1.807) is 12.1 Å². The summed E-state index contributed by atoms with van der Waals surface area (Å²) in [5.74, 6) is 0.611. The number of anilines is 1. The molecule has 0 bridgehead atoms. The fourth-order valence-electron chi connectivity index (χ4n) is 3.98. The van der Waals surface area contributed by atoms with Crippen LogP contribution in [0.25, 0.3) is 0 Å². The number of methoxy groups -OCH3 is 2. The third kappa shape index (κ3) is 7.04. The third-order valence-electron chi connectivity index (χ3n) is 7.28. The topological polar surface area (TPSA) is 86.3 Å². The third-order valence-corrected chi connectivity index (χ3v) is 11.8. The molecule has 1 heterocycles. The first-order valence-electron chi connectivity index (χ1n) is 12.7. The van der Waals surface area contributed by atoms with Crippen LogP contribution in [0.5, 0.6) is 11.5 Å². The Balaban J connectivity index is 1.81. The van der Waals surface area contributed by atoms with Crippen molar-refractivity contribution in [2.24, 2.45) is 0 Å². The average molecular weight is 529 g/mol. The molecule has 1 unspecified atom stereocenters. The molecule has 2 aromatic rings. The molecule has 1 N–H and O–H groups in total. The Labute approximate surface area is 221 Å². The number of likely N-dealkylation sites (tertiary alicyclic amines) is 1. The Morgan fingerprint density at radius 1 is 1.05 bits per heavy atom. The van der Waals surface area contributed by atoms with Gasteiger partial charge in [-0.1, -0.05) is 51.1 Å². The summed E-state index contributed by atoms with van der Waals surface area (Å²) in [6.45, 7) is 12.3. The summed E-state index contributed by atoms with van der Waals surface area (Å²) in [6.07, 6.45) is 1.10. The maximum atomic E-state index is 13.8. The SMILES string of the molecule is COc1cc(NC(=O)OCc2ccccc2)c(C(=O)N2CCCC2CO[Si](C)(C)C(C)(C)C)cc1OC. The van der Waals surface area contributed by atoms with E-state index in [9.17, 15) is 9.59 Å². The maximum absolute atomic E-state index is 13.8. The van der Waals surface area contributed by atoms with Crippen molar-refractivity contribution in [2.45, 2.75) is 64.4 Å². The lowest BCUT2D eigenvalue weighted by Gasteiger charge is -2.38. The summed E-state index contributed by atoms with van der Waals surface area (Å²) in [5.41, 5.74) is 1.48. The quantitative estimate of drug-likeness (QED) is 0.397. The minimum Gasteiger partial charge on any atom is -0.493 e. The Kier molecular flexibility index (Phi) is 9.25. The highest BCUT2D eigenvalue weighted by Gasteiger charge is 2.39. The molecule has 202 valence electrons. The Morgan fingerprint density at radius 3 is 2.32 bits per heavy atom. The molecular formula is C28H40N2O6Si. The molecule has 37 heavy (non-hydrogen) atoms. The van der Waals surface area contributed by atoms with E-state index in [4.69, 9.17) is 18.6 Å². The molecule has 0 aliphatic carbocycles. The lowest BCUT2D eigenvalue weighted by Crippen LogP contribution is -2.46. The fourth-order valence-corrected chi connectivity index (χ4v) is 5.02. The number of amides is 2. The van der Waals surface area contributed by atoms with Gasteiger partial charge in [-0.05, 0) is 42.6 Å². The summed E-state index contributed by atoms with van der Waals surface area (Å²) in [6, 6.07) is 12.6. The molecule has 2 amide bonds. The van der Waals surface area contributed by atoms with Gasteiger partial charge in [-0.2, -0.15) is 0 Å². The van der Waals surface area contributed by atoms with Crippen LogP contribution in [0.1, 0.15) is 49.5 Å². The van der Waals surface area contributed by atoms with Gasteiger partial charge in [-0.3, -0.25) is 10.1 Å². The van der Waals surface area contributed by atoms with E-state index >= 15 is 0 Å². The van der Waals surface area contributed by atoms with Gasteiger partial charge in [0.25, 0.3) is 5.91 Å². The van der Waals surface area contributed by atoms with Gasteiger partial charge in [-0.15, -0.1) is 0 Å². The standard InChI is InChI=1S/C28H40N2O6Si/c1-28(2,3)37(6,7)36-19-21-14-11-15-30(21)26(31)22-16-24(33-4)25(34-5)17-23(22)29-27(32)35-18-20-12-9-8-10-13-20/h8-10,12-13,16-17,21H,11,14-15,18-19H2,1-7H3,(H,29,32). The van der Waals surface area contributed by atoms with Crippen LogP contribution < -0.4 is 14.8 Å². The summed E-state index contributed by atoms with van der Waals surface area (Å²) >= 11 is 0. The molecule has 1 saturated heterocycles. The van der Waals surface area contributed by atoms with Crippen molar-refractivity contribution in [3.05, 3.63) is 53.6 Å². The van der Waals surface area contributed by atoms with Crippen molar-refractivity contribution >= 4 is 26.0 Å². The number of nitrogens with one attached hydrogen (secondary N) is 1. The smallest absolute Gasteiger partial charge is 0.411 e.